The molecule has 1 fully saturated rings. The first-order valence-electron chi connectivity index (χ1n) is 19.9. The number of amides is 6. The third-order valence-electron chi connectivity index (χ3n) is 9.93. The third-order valence-corrected chi connectivity index (χ3v) is 9.93. The number of primary amides is 1. The maximum Gasteiger partial charge on any atom is 0.514 e. The zero-order valence-corrected chi connectivity index (χ0v) is 33.7. The van der Waals surface area contributed by atoms with Crippen molar-refractivity contribution in [2.75, 3.05) is 38.2 Å². The largest absolute Gasteiger partial charge is 0.514 e. The minimum Gasteiger partial charge on any atom is -0.449 e. The predicted octanol–water partition coefficient (Wildman–Crippen LogP) is 3.90. The van der Waals surface area contributed by atoms with Gasteiger partial charge in [0.05, 0.1) is 24.7 Å². The molecule has 19 heteroatoms. The van der Waals surface area contributed by atoms with Crippen LogP contribution in [0.25, 0.3) is 0 Å². The molecule has 6 amide bonds. The molecule has 7 N–H and O–H groups in total. The van der Waals surface area contributed by atoms with Gasteiger partial charge < -0.3 is 51.3 Å². The van der Waals surface area contributed by atoms with Crippen LogP contribution in [0.4, 0.5) is 25.8 Å². The number of non-ortho nitro benzene ring substituents is 1. The number of nitrogens with zero attached hydrogens (tertiary/aromatic N) is 1. The van der Waals surface area contributed by atoms with E-state index in [2.05, 4.69) is 38.4 Å². The molecule has 19 nitrogen and oxygen atoms in total. The van der Waals surface area contributed by atoms with E-state index in [4.69, 9.17) is 24.7 Å². The van der Waals surface area contributed by atoms with Gasteiger partial charge in [-0.2, -0.15) is 0 Å². The number of carbonyl (C=O) groups excluding carboxylic acids is 6. The van der Waals surface area contributed by atoms with E-state index in [1.165, 1.54) is 24.3 Å². The summed E-state index contributed by atoms with van der Waals surface area (Å²) in [6, 6.07) is 8.41. The van der Waals surface area contributed by atoms with E-state index in [9.17, 15) is 38.9 Å². The second-order valence-corrected chi connectivity index (χ2v) is 14.7. The fraction of sp³-hybridized carbons (Fsp3) is 0.512. The van der Waals surface area contributed by atoms with Gasteiger partial charge >= 0.3 is 18.3 Å². The first kappa shape index (κ1) is 46.3. The number of urea groups is 1. The molecule has 0 bridgehead atoms. The van der Waals surface area contributed by atoms with Gasteiger partial charge in [0.2, 0.25) is 17.7 Å². The highest BCUT2D eigenvalue weighted by Crippen LogP contribution is 2.52. The number of hydrogen-bond acceptors (Lipinski definition) is 12. The number of carbonyl (C=O) groups is 6. The Morgan fingerprint density at radius 1 is 0.867 bits per heavy atom. The van der Waals surface area contributed by atoms with Gasteiger partial charge in [-0.3, -0.25) is 24.5 Å². The maximum absolute atomic E-state index is 13.5. The number of benzene rings is 2. The zero-order valence-electron chi connectivity index (χ0n) is 33.7. The Morgan fingerprint density at radius 3 is 2.18 bits per heavy atom. The Morgan fingerprint density at radius 2 is 1.55 bits per heavy atom. The third kappa shape index (κ3) is 16.1. The van der Waals surface area contributed by atoms with Gasteiger partial charge in [-0.05, 0) is 79.2 Å². The number of alkyl carbamates (subject to hydrolysis) is 1. The van der Waals surface area contributed by atoms with Crippen LogP contribution < -0.4 is 37.1 Å². The average Bonchev–Trinajstić information content (AvgIpc) is 3.86. The Bertz CT molecular complexity index is 1850. The van der Waals surface area contributed by atoms with Crippen LogP contribution in [0.2, 0.25) is 0 Å². The normalized spacial score (nSPS) is 17.4. The molecule has 2 aliphatic rings. The fourth-order valence-corrected chi connectivity index (χ4v) is 6.64. The molecule has 0 heterocycles. The van der Waals surface area contributed by atoms with Crippen LogP contribution in [-0.4, -0.2) is 85.9 Å². The number of nitro benzene ring substituents is 1. The first-order valence-corrected chi connectivity index (χ1v) is 19.9. The molecule has 60 heavy (non-hydrogen) atoms. The van der Waals surface area contributed by atoms with E-state index in [1.54, 1.807) is 38.1 Å². The van der Waals surface area contributed by atoms with E-state index in [0.717, 1.165) is 25.7 Å². The van der Waals surface area contributed by atoms with E-state index in [0.29, 0.717) is 35.6 Å². The summed E-state index contributed by atoms with van der Waals surface area (Å²) < 4.78 is 21.0. The van der Waals surface area contributed by atoms with Crippen LogP contribution in [0.5, 0.6) is 5.75 Å². The molecule has 324 valence electrons. The van der Waals surface area contributed by atoms with Gasteiger partial charge in [0.15, 0.2) is 0 Å². The molecule has 0 radical (unpaired) electrons. The molecule has 2 aromatic rings. The van der Waals surface area contributed by atoms with Gasteiger partial charge in [-0.1, -0.05) is 26.0 Å². The molecule has 2 unspecified atom stereocenters. The molecule has 2 aliphatic carbocycles. The number of hydrogen-bond donors (Lipinski definition) is 6. The van der Waals surface area contributed by atoms with Crippen LogP contribution in [0.15, 0.2) is 48.5 Å². The van der Waals surface area contributed by atoms with Crippen molar-refractivity contribution < 1.29 is 52.6 Å². The fourth-order valence-electron chi connectivity index (χ4n) is 6.64. The lowest BCUT2D eigenvalue weighted by Crippen LogP contribution is -2.54. The number of anilines is 1. The van der Waals surface area contributed by atoms with Gasteiger partial charge in [0.25, 0.3) is 5.69 Å². The highest BCUT2D eigenvalue weighted by Gasteiger charge is 2.49. The zero-order chi connectivity index (χ0) is 43.4. The maximum atomic E-state index is 13.5. The number of fused-ring (bicyclic) bond motifs is 1. The van der Waals surface area contributed by atoms with Crippen molar-refractivity contribution in [1.82, 2.24) is 21.3 Å². The summed E-state index contributed by atoms with van der Waals surface area (Å²) in [6.45, 7) is 4.23. The summed E-state index contributed by atoms with van der Waals surface area (Å²) in [7, 11) is 0. The van der Waals surface area contributed by atoms with Crippen LogP contribution in [0, 0.1) is 45.6 Å². The smallest absolute Gasteiger partial charge is 0.449 e. The van der Waals surface area contributed by atoms with E-state index in [-0.39, 0.29) is 69.5 Å². The lowest BCUT2D eigenvalue weighted by molar-refractivity contribution is -0.384. The molecule has 4 atom stereocenters. The molecule has 1 saturated carbocycles. The Balaban J connectivity index is 1.18. The quantitative estimate of drug-likeness (QED) is 0.0246. The molecule has 0 saturated heterocycles. The molecular weight excluding hydrogens is 782 g/mol. The summed E-state index contributed by atoms with van der Waals surface area (Å²) in [5.74, 6) is 5.98. The van der Waals surface area contributed by atoms with Crippen LogP contribution in [0.1, 0.15) is 64.4 Å². The van der Waals surface area contributed by atoms with E-state index >= 15 is 0 Å². The van der Waals surface area contributed by atoms with Crippen molar-refractivity contribution in [1.29, 1.82) is 0 Å². The molecule has 0 aromatic heterocycles. The molecule has 0 spiro atoms. The van der Waals surface area contributed by atoms with Crippen LogP contribution in [-0.2, 0) is 35.2 Å². The van der Waals surface area contributed by atoms with Crippen LogP contribution >= 0.6 is 0 Å². The van der Waals surface area contributed by atoms with Gasteiger partial charge in [0.1, 0.15) is 24.4 Å². The summed E-state index contributed by atoms with van der Waals surface area (Å²) in [5.41, 5.74) is 5.91. The minimum atomic E-state index is -1.07. The van der Waals surface area contributed by atoms with Gasteiger partial charge in [-0.15, -0.1) is 11.8 Å². The number of nitro groups is 1. The van der Waals surface area contributed by atoms with E-state index < -0.39 is 53.0 Å². The summed E-state index contributed by atoms with van der Waals surface area (Å²) in [5, 5.41) is 24.1. The molecule has 0 aliphatic heterocycles. The van der Waals surface area contributed by atoms with Crippen molar-refractivity contribution in [2.24, 2.45) is 29.4 Å². The monoisotopic (exact) mass is 835 g/mol. The lowest BCUT2D eigenvalue weighted by Gasteiger charge is -2.25. The number of nitrogens with two attached hydrogens (primary N) is 1. The number of nitrogens with one attached hydrogen (secondary N) is 5. The second-order valence-electron chi connectivity index (χ2n) is 14.7. The summed E-state index contributed by atoms with van der Waals surface area (Å²) >= 11 is 0. The Kier molecular flexibility index (Phi) is 18.4. The summed E-state index contributed by atoms with van der Waals surface area (Å²) in [6.07, 6.45) is 2.68. The average molecular weight is 836 g/mol. The highest BCUT2D eigenvalue weighted by atomic mass is 16.7. The van der Waals surface area contributed by atoms with Crippen LogP contribution in [0.3, 0.4) is 0 Å². The molecule has 2 aromatic carbocycles. The van der Waals surface area contributed by atoms with Gasteiger partial charge in [0, 0.05) is 50.2 Å². The van der Waals surface area contributed by atoms with Crippen molar-refractivity contribution >= 4 is 47.4 Å². The Hall–Kier alpha value is -6.42. The Labute approximate surface area is 347 Å². The topological polar surface area (TPSA) is 269 Å². The number of ether oxygens (including phenoxy) is 4. The predicted molar refractivity (Wildman–Crippen MR) is 216 cm³/mol. The minimum absolute atomic E-state index is 0.0393. The van der Waals surface area contributed by atoms with Crippen molar-refractivity contribution in [3.63, 3.8) is 0 Å². The standard InChI is InChI=1S/C41H53N7O12/c1-26(2)36(47-35(49)19-22-57-23-21-44-40(53)58-25-33-31-8-5-3-4-6-9-32(31)33)38(51)46-34(10-7-20-43-39(42)52)37(50)45-28-13-11-27(12-14-28)24-59-41(54)60-30-17-15-29(16-18-30)48(55)56/h11-18,26,31-34,36H,5-10,19-25H2,1-2H3,(H,44,53)(H,45,50)(H,46,51)(H,47,49)(H3,42,43,52)/t31?,32?,33?,34-,36+/m0/s1. The highest BCUT2D eigenvalue weighted by molar-refractivity contribution is 5.98. The molecule has 4 rings (SSSR count). The lowest BCUT2D eigenvalue weighted by atomic mass is 10.0. The van der Waals surface area contributed by atoms with Crippen molar-refractivity contribution in [3.05, 3.63) is 64.2 Å². The van der Waals surface area contributed by atoms with E-state index in [1.807, 2.05) is 0 Å². The summed E-state index contributed by atoms with van der Waals surface area (Å²) in [4.78, 5) is 85.4. The van der Waals surface area contributed by atoms with Gasteiger partial charge in [-0.25, -0.2) is 14.4 Å². The molecular formula is C41H53N7O12. The van der Waals surface area contributed by atoms with Crippen molar-refractivity contribution in [2.45, 2.75) is 77.5 Å². The first-order chi connectivity index (χ1) is 28.8. The SMILES string of the molecule is CC(C)[C@@H](NC(=O)CCOCCNC(=O)OCC1C2CCC#CCCC21)C(=O)N[C@@H](CCCNC(N)=O)C(=O)Nc1ccc(COC(=O)Oc2ccc([N+](=O)[O-])cc2)cc1. The second kappa shape index (κ2) is 23.9. The number of rotatable bonds is 22. The van der Waals surface area contributed by atoms with Crippen molar-refractivity contribution in [3.8, 4) is 17.6 Å².